The highest BCUT2D eigenvalue weighted by Gasteiger charge is 2.10. The third-order valence-electron chi connectivity index (χ3n) is 1.67. The Morgan fingerprint density at radius 2 is 1.79 bits per heavy atom. The Labute approximate surface area is 92.7 Å². The first-order chi connectivity index (χ1) is 6.67. The number of benzene rings is 1. The molecule has 2 nitrogen and oxygen atoms in total. The zero-order valence-electron chi connectivity index (χ0n) is 7.56. The zero-order chi connectivity index (χ0) is 10.4. The minimum atomic E-state index is -3.14. The largest absolute Gasteiger partial charge is 0.223 e. The Morgan fingerprint density at radius 1 is 1.14 bits per heavy atom. The lowest BCUT2D eigenvalue weighted by atomic mass is 10.4. The molecule has 0 bridgehead atoms. The average Bonchev–Trinajstić information content (AvgIpc) is 2.19. The number of hydrogen-bond donors (Lipinski definition) is 0. The number of rotatable bonds is 4. The fourth-order valence-electron chi connectivity index (χ4n) is 0.982. The van der Waals surface area contributed by atoms with Crippen LogP contribution in [0.4, 0.5) is 0 Å². The Balaban J connectivity index is 2.82. The van der Waals surface area contributed by atoms with Crippen LogP contribution in [0.2, 0.25) is 0 Å². The van der Waals surface area contributed by atoms with E-state index in [9.17, 15) is 8.42 Å². The molecule has 0 aliphatic rings. The lowest BCUT2D eigenvalue weighted by Gasteiger charge is -1.99. The molecule has 0 saturated heterocycles. The highest BCUT2D eigenvalue weighted by atomic mass is 79.9. The molecule has 0 fully saturated rings. The first-order valence-corrected chi connectivity index (χ1v) is 6.93. The van der Waals surface area contributed by atoms with Crippen molar-refractivity contribution in [2.45, 2.75) is 4.90 Å². The maximum Gasteiger partial charge on any atom is 0.181 e. The van der Waals surface area contributed by atoms with Crippen molar-refractivity contribution in [3.63, 3.8) is 0 Å². The van der Waals surface area contributed by atoms with Gasteiger partial charge in [0, 0.05) is 5.33 Å². The first-order valence-electron chi connectivity index (χ1n) is 4.15. The van der Waals surface area contributed by atoms with Gasteiger partial charge in [-0.15, -0.1) is 0 Å². The molecule has 0 atom stereocenters. The fraction of sp³-hybridized carbons (Fsp3) is 0.200. The maximum absolute atomic E-state index is 11.6. The Morgan fingerprint density at radius 3 is 2.36 bits per heavy atom. The van der Waals surface area contributed by atoms with Gasteiger partial charge in [-0.3, -0.25) is 0 Å². The molecule has 0 N–H and O–H groups in total. The van der Waals surface area contributed by atoms with E-state index in [4.69, 9.17) is 0 Å². The van der Waals surface area contributed by atoms with E-state index in [1.807, 2.05) is 0 Å². The lowest BCUT2D eigenvalue weighted by Crippen LogP contribution is -2.04. The number of sulfone groups is 1. The van der Waals surface area contributed by atoms with E-state index in [-0.39, 0.29) is 5.75 Å². The molecule has 1 rings (SSSR count). The van der Waals surface area contributed by atoms with Crippen LogP contribution < -0.4 is 0 Å². The molecule has 0 saturated carbocycles. The van der Waals surface area contributed by atoms with Crippen molar-refractivity contribution < 1.29 is 8.42 Å². The lowest BCUT2D eigenvalue weighted by molar-refractivity contribution is 0.599. The molecule has 76 valence electrons. The second-order valence-electron chi connectivity index (χ2n) is 2.72. The number of alkyl halides is 1. The maximum atomic E-state index is 11.6. The van der Waals surface area contributed by atoms with E-state index in [0.717, 1.165) is 0 Å². The molecule has 14 heavy (non-hydrogen) atoms. The first kappa shape index (κ1) is 11.5. The summed E-state index contributed by atoms with van der Waals surface area (Å²) in [5, 5.41) is 0.678. The van der Waals surface area contributed by atoms with E-state index in [1.54, 1.807) is 42.5 Å². The quantitative estimate of drug-likeness (QED) is 0.624. The van der Waals surface area contributed by atoms with Crippen molar-refractivity contribution in [2.24, 2.45) is 0 Å². The second-order valence-corrected chi connectivity index (χ2v) is 5.40. The monoisotopic (exact) mass is 274 g/mol. The van der Waals surface area contributed by atoms with Crippen LogP contribution in [0.15, 0.2) is 47.4 Å². The molecule has 0 heterocycles. The van der Waals surface area contributed by atoms with Crippen LogP contribution in [-0.2, 0) is 9.84 Å². The van der Waals surface area contributed by atoms with Crippen molar-refractivity contribution in [3.05, 3.63) is 42.5 Å². The molecule has 0 radical (unpaired) electrons. The number of allylic oxidation sites excluding steroid dienone is 1. The molecule has 1 aromatic rings. The molecular formula is C10H11BrO2S. The van der Waals surface area contributed by atoms with Gasteiger partial charge in [0.1, 0.15) is 0 Å². The Bertz CT molecular complexity index is 395. The van der Waals surface area contributed by atoms with E-state index >= 15 is 0 Å². The third kappa shape index (κ3) is 3.27. The minimum absolute atomic E-state index is 0.0581. The number of hydrogen-bond acceptors (Lipinski definition) is 2. The standard InChI is InChI=1S/C10H11BrO2S/c11-8-4-5-9-14(12,13)10-6-2-1-3-7-10/h1-7H,8-9H2/b5-4+. The SMILES string of the molecule is O=S(=O)(C/C=C/CBr)c1ccccc1. The predicted molar refractivity (Wildman–Crippen MR) is 61.4 cm³/mol. The fourth-order valence-corrected chi connectivity index (χ4v) is 2.40. The van der Waals surface area contributed by atoms with E-state index in [0.29, 0.717) is 10.2 Å². The summed E-state index contributed by atoms with van der Waals surface area (Å²) >= 11 is 3.19. The molecule has 0 unspecified atom stereocenters. The van der Waals surface area contributed by atoms with Crippen LogP contribution in [-0.4, -0.2) is 19.5 Å². The Hall–Kier alpha value is -0.610. The average molecular weight is 275 g/mol. The predicted octanol–water partition coefficient (Wildman–Crippen LogP) is 2.41. The van der Waals surface area contributed by atoms with Gasteiger partial charge in [0.05, 0.1) is 10.6 Å². The van der Waals surface area contributed by atoms with Gasteiger partial charge >= 0.3 is 0 Å². The molecular weight excluding hydrogens is 264 g/mol. The smallest absolute Gasteiger partial charge is 0.181 e. The molecule has 0 spiro atoms. The Kier molecular flexibility index (Phi) is 4.35. The van der Waals surface area contributed by atoms with Gasteiger partial charge in [0.25, 0.3) is 0 Å². The molecule has 0 aliphatic heterocycles. The summed E-state index contributed by atoms with van der Waals surface area (Å²) in [4.78, 5) is 0.374. The molecule has 0 aromatic heterocycles. The van der Waals surface area contributed by atoms with Crippen LogP contribution in [0.5, 0.6) is 0 Å². The molecule has 1 aromatic carbocycles. The highest BCUT2D eigenvalue weighted by molar-refractivity contribution is 9.09. The van der Waals surface area contributed by atoms with Gasteiger partial charge in [-0.2, -0.15) is 0 Å². The van der Waals surface area contributed by atoms with Gasteiger partial charge in [-0.05, 0) is 12.1 Å². The van der Waals surface area contributed by atoms with Crippen molar-refractivity contribution in [1.82, 2.24) is 0 Å². The van der Waals surface area contributed by atoms with E-state index in [2.05, 4.69) is 15.9 Å². The van der Waals surface area contributed by atoms with Crippen LogP contribution in [0, 0.1) is 0 Å². The van der Waals surface area contributed by atoms with Gasteiger partial charge in [0.15, 0.2) is 9.84 Å². The second kappa shape index (κ2) is 5.32. The van der Waals surface area contributed by atoms with Crippen molar-refractivity contribution >= 4 is 25.8 Å². The summed E-state index contributed by atoms with van der Waals surface area (Å²) < 4.78 is 23.3. The molecule has 4 heteroatoms. The van der Waals surface area contributed by atoms with Crippen molar-refractivity contribution in [3.8, 4) is 0 Å². The molecule has 0 aliphatic carbocycles. The van der Waals surface area contributed by atoms with Crippen LogP contribution in [0.1, 0.15) is 0 Å². The van der Waals surface area contributed by atoms with Gasteiger partial charge < -0.3 is 0 Å². The van der Waals surface area contributed by atoms with Gasteiger partial charge in [0.2, 0.25) is 0 Å². The summed E-state index contributed by atoms with van der Waals surface area (Å²) in [6.07, 6.45) is 3.43. The van der Waals surface area contributed by atoms with Crippen LogP contribution in [0.3, 0.4) is 0 Å². The van der Waals surface area contributed by atoms with Gasteiger partial charge in [-0.1, -0.05) is 46.3 Å². The molecule has 0 amide bonds. The zero-order valence-corrected chi connectivity index (χ0v) is 9.96. The summed E-state index contributed by atoms with van der Waals surface area (Å²) in [5.74, 6) is 0.0581. The normalized spacial score (nSPS) is 12.1. The highest BCUT2D eigenvalue weighted by Crippen LogP contribution is 2.09. The third-order valence-corrected chi connectivity index (χ3v) is 3.67. The minimum Gasteiger partial charge on any atom is -0.223 e. The van der Waals surface area contributed by atoms with Crippen LogP contribution >= 0.6 is 15.9 Å². The van der Waals surface area contributed by atoms with Crippen molar-refractivity contribution in [2.75, 3.05) is 11.1 Å². The van der Waals surface area contributed by atoms with Gasteiger partial charge in [-0.25, -0.2) is 8.42 Å². The van der Waals surface area contributed by atoms with Crippen LogP contribution in [0.25, 0.3) is 0 Å². The summed E-state index contributed by atoms with van der Waals surface area (Å²) in [5.41, 5.74) is 0. The van der Waals surface area contributed by atoms with E-state index in [1.165, 1.54) is 0 Å². The summed E-state index contributed by atoms with van der Waals surface area (Å²) in [6, 6.07) is 8.46. The summed E-state index contributed by atoms with van der Waals surface area (Å²) in [7, 11) is -3.14. The number of halogens is 1. The summed E-state index contributed by atoms with van der Waals surface area (Å²) in [6.45, 7) is 0. The van der Waals surface area contributed by atoms with Crippen molar-refractivity contribution in [1.29, 1.82) is 0 Å². The topological polar surface area (TPSA) is 34.1 Å². The van der Waals surface area contributed by atoms with E-state index < -0.39 is 9.84 Å².